The number of nitrogens with one attached hydrogen (secondary N) is 1. The van der Waals surface area contributed by atoms with E-state index in [9.17, 15) is 4.79 Å². The second kappa shape index (κ2) is 9.42. The highest BCUT2D eigenvalue weighted by Crippen LogP contribution is 2.21. The van der Waals surface area contributed by atoms with E-state index in [0.29, 0.717) is 18.9 Å². The number of amides is 1. The Balaban J connectivity index is 1.87. The van der Waals surface area contributed by atoms with Gasteiger partial charge >= 0.3 is 0 Å². The van der Waals surface area contributed by atoms with E-state index in [1.807, 2.05) is 39.0 Å². The van der Waals surface area contributed by atoms with Crippen molar-refractivity contribution in [3.63, 3.8) is 0 Å². The minimum atomic E-state index is -0.459. The summed E-state index contributed by atoms with van der Waals surface area (Å²) in [6.45, 7) is 11.0. The quantitative estimate of drug-likeness (QED) is 0.730. The van der Waals surface area contributed by atoms with Gasteiger partial charge in [-0.25, -0.2) is 0 Å². The normalized spacial score (nSPS) is 12.1. The number of hydrogen-bond donors (Lipinski definition) is 1. The number of rotatable bonds is 8. The van der Waals surface area contributed by atoms with Crippen molar-refractivity contribution in [2.24, 2.45) is 0 Å². The number of benzene rings is 2. The van der Waals surface area contributed by atoms with Gasteiger partial charge in [-0.2, -0.15) is 0 Å². The third kappa shape index (κ3) is 5.62. The van der Waals surface area contributed by atoms with E-state index >= 15 is 0 Å². The summed E-state index contributed by atoms with van der Waals surface area (Å²) in [6.07, 6.45) is 1.01. The van der Waals surface area contributed by atoms with Gasteiger partial charge < -0.3 is 10.1 Å². The highest BCUT2D eigenvalue weighted by atomic mass is 16.5. The molecule has 0 bridgehead atoms. The molecule has 0 aliphatic carbocycles. The summed E-state index contributed by atoms with van der Waals surface area (Å²) in [5.41, 5.74) is 4.75. The molecule has 1 atom stereocenters. The van der Waals surface area contributed by atoms with Crippen LogP contribution in [0.3, 0.4) is 0 Å². The topological polar surface area (TPSA) is 38.3 Å². The van der Waals surface area contributed by atoms with E-state index in [-0.39, 0.29) is 5.91 Å². The number of carbonyl (C=O) groups is 1. The lowest BCUT2D eigenvalue weighted by atomic mass is 10.0. The van der Waals surface area contributed by atoms with Gasteiger partial charge in [0.05, 0.1) is 0 Å². The first kappa shape index (κ1) is 20.0. The standard InChI is InChI=1S/C23H31NO2/c1-6-21(26-22-15-17(4)7-8-18(22)5)23(25)24-14-13-19-9-11-20(12-10-19)16(2)3/h7-12,15-16,21H,6,13-14H2,1-5H3,(H,24,25). The Bertz CT molecular complexity index is 719. The van der Waals surface area contributed by atoms with Gasteiger partial charge in [-0.3, -0.25) is 4.79 Å². The number of ether oxygens (including phenoxy) is 1. The van der Waals surface area contributed by atoms with Crippen LogP contribution in [0, 0.1) is 13.8 Å². The van der Waals surface area contributed by atoms with Gasteiger partial charge in [0.1, 0.15) is 5.75 Å². The molecule has 0 fully saturated rings. The molecule has 3 heteroatoms. The van der Waals surface area contributed by atoms with E-state index in [4.69, 9.17) is 4.74 Å². The van der Waals surface area contributed by atoms with Crippen molar-refractivity contribution in [2.75, 3.05) is 6.54 Å². The largest absolute Gasteiger partial charge is 0.480 e. The van der Waals surface area contributed by atoms with Crippen LogP contribution in [-0.4, -0.2) is 18.6 Å². The molecule has 0 aromatic heterocycles. The molecule has 0 aliphatic heterocycles. The van der Waals surface area contributed by atoms with Crippen LogP contribution < -0.4 is 10.1 Å². The Labute approximate surface area is 157 Å². The van der Waals surface area contributed by atoms with Crippen LogP contribution in [0.1, 0.15) is 55.4 Å². The van der Waals surface area contributed by atoms with E-state index in [2.05, 4.69) is 43.4 Å². The van der Waals surface area contributed by atoms with E-state index in [1.54, 1.807) is 0 Å². The van der Waals surface area contributed by atoms with Gasteiger partial charge in [0.15, 0.2) is 6.10 Å². The molecule has 2 rings (SSSR count). The fraction of sp³-hybridized carbons (Fsp3) is 0.435. The molecule has 0 heterocycles. The lowest BCUT2D eigenvalue weighted by Gasteiger charge is -2.19. The minimum Gasteiger partial charge on any atom is -0.480 e. The van der Waals surface area contributed by atoms with Crippen molar-refractivity contribution in [3.05, 3.63) is 64.7 Å². The van der Waals surface area contributed by atoms with Gasteiger partial charge in [-0.05, 0) is 60.9 Å². The Morgan fingerprint density at radius 1 is 1.08 bits per heavy atom. The molecule has 0 saturated heterocycles. The third-order valence-electron chi connectivity index (χ3n) is 4.64. The average Bonchev–Trinajstić information content (AvgIpc) is 2.62. The van der Waals surface area contributed by atoms with Crippen molar-refractivity contribution < 1.29 is 9.53 Å². The molecule has 0 radical (unpaired) electrons. The zero-order valence-electron chi connectivity index (χ0n) is 16.6. The zero-order chi connectivity index (χ0) is 19.1. The second-order valence-corrected chi connectivity index (χ2v) is 7.22. The summed E-state index contributed by atoms with van der Waals surface area (Å²) in [5, 5.41) is 3.01. The summed E-state index contributed by atoms with van der Waals surface area (Å²) in [6, 6.07) is 14.7. The fourth-order valence-electron chi connectivity index (χ4n) is 2.82. The average molecular weight is 354 g/mol. The van der Waals surface area contributed by atoms with Gasteiger partial charge in [0.25, 0.3) is 5.91 Å². The van der Waals surface area contributed by atoms with Gasteiger partial charge in [-0.15, -0.1) is 0 Å². The van der Waals surface area contributed by atoms with E-state index < -0.39 is 6.10 Å². The van der Waals surface area contributed by atoms with Crippen LogP contribution in [-0.2, 0) is 11.2 Å². The van der Waals surface area contributed by atoms with Gasteiger partial charge in [-0.1, -0.05) is 57.2 Å². The van der Waals surface area contributed by atoms with Crippen molar-refractivity contribution in [1.82, 2.24) is 5.32 Å². The summed E-state index contributed by atoms with van der Waals surface area (Å²) in [5.74, 6) is 1.28. The summed E-state index contributed by atoms with van der Waals surface area (Å²) in [4.78, 5) is 12.5. The molecule has 0 spiro atoms. The maximum atomic E-state index is 12.5. The van der Waals surface area contributed by atoms with Gasteiger partial charge in [0, 0.05) is 6.54 Å². The second-order valence-electron chi connectivity index (χ2n) is 7.22. The predicted molar refractivity (Wildman–Crippen MR) is 108 cm³/mol. The highest BCUT2D eigenvalue weighted by Gasteiger charge is 2.18. The van der Waals surface area contributed by atoms with Crippen molar-refractivity contribution in [2.45, 2.75) is 59.5 Å². The van der Waals surface area contributed by atoms with Crippen LogP contribution >= 0.6 is 0 Å². The smallest absolute Gasteiger partial charge is 0.261 e. The van der Waals surface area contributed by atoms with Crippen molar-refractivity contribution in [3.8, 4) is 5.75 Å². The molecule has 26 heavy (non-hydrogen) atoms. The van der Waals surface area contributed by atoms with Crippen LogP contribution in [0.5, 0.6) is 5.75 Å². The van der Waals surface area contributed by atoms with Crippen LogP contribution in [0.15, 0.2) is 42.5 Å². The van der Waals surface area contributed by atoms with Crippen LogP contribution in [0.25, 0.3) is 0 Å². The Kier molecular flexibility index (Phi) is 7.26. The first-order valence-corrected chi connectivity index (χ1v) is 9.51. The summed E-state index contributed by atoms with van der Waals surface area (Å²) >= 11 is 0. The van der Waals surface area contributed by atoms with E-state index in [0.717, 1.165) is 23.3 Å². The molecule has 3 nitrogen and oxygen atoms in total. The first-order valence-electron chi connectivity index (χ1n) is 9.51. The number of aryl methyl sites for hydroxylation is 2. The maximum Gasteiger partial charge on any atom is 0.261 e. The molecule has 1 N–H and O–H groups in total. The lowest BCUT2D eigenvalue weighted by molar-refractivity contribution is -0.128. The molecule has 0 aliphatic rings. The van der Waals surface area contributed by atoms with Gasteiger partial charge in [0.2, 0.25) is 0 Å². The molecular formula is C23H31NO2. The molecule has 2 aromatic rings. The Morgan fingerprint density at radius 2 is 1.77 bits per heavy atom. The molecular weight excluding hydrogens is 322 g/mol. The lowest BCUT2D eigenvalue weighted by Crippen LogP contribution is -2.39. The monoisotopic (exact) mass is 353 g/mol. The van der Waals surface area contributed by atoms with E-state index in [1.165, 1.54) is 11.1 Å². The first-order chi connectivity index (χ1) is 12.4. The Hall–Kier alpha value is -2.29. The number of hydrogen-bond acceptors (Lipinski definition) is 2. The predicted octanol–water partition coefficient (Wildman–Crippen LogP) is 4.94. The molecule has 1 unspecified atom stereocenters. The summed E-state index contributed by atoms with van der Waals surface area (Å²) < 4.78 is 5.97. The van der Waals surface area contributed by atoms with Crippen molar-refractivity contribution in [1.29, 1.82) is 0 Å². The summed E-state index contributed by atoms with van der Waals surface area (Å²) in [7, 11) is 0. The fourth-order valence-corrected chi connectivity index (χ4v) is 2.82. The Morgan fingerprint density at radius 3 is 2.38 bits per heavy atom. The van der Waals surface area contributed by atoms with Crippen LogP contribution in [0.4, 0.5) is 0 Å². The minimum absolute atomic E-state index is 0.0489. The number of carbonyl (C=O) groups excluding carboxylic acids is 1. The highest BCUT2D eigenvalue weighted by molar-refractivity contribution is 5.81. The zero-order valence-corrected chi connectivity index (χ0v) is 16.6. The molecule has 140 valence electrons. The molecule has 0 saturated carbocycles. The molecule has 1 amide bonds. The SMILES string of the molecule is CCC(Oc1cc(C)ccc1C)C(=O)NCCc1ccc(C(C)C)cc1. The molecule has 2 aromatic carbocycles. The van der Waals surface area contributed by atoms with Crippen molar-refractivity contribution >= 4 is 5.91 Å². The van der Waals surface area contributed by atoms with Crippen LogP contribution in [0.2, 0.25) is 0 Å². The maximum absolute atomic E-state index is 12.5. The third-order valence-corrected chi connectivity index (χ3v) is 4.64.